The molecule has 0 bridgehead atoms. The van der Waals surface area contributed by atoms with Crippen LogP contribution in [0.5, 0.6) is 0 Å². The summed E-state index contributed by atoms with van der Waals surface area (Å²) < 4.78 is 0. The highest BCUT2D eigenvalue weighted by Crippen LogP contribution is 2.12. The minimum atomic E-state index is -0.810. The number of rotatable bonds is 1. The minimum Gasteiger partial charge on any atom is -0.257 e. The molecule has 0 aromatic carbocycles. The lowest BCUT2D eigenvalue weighted by Crippen LogP contribution is -2.37. The highest BCUT2D eigenvalue weighted by molar-refractivity contribution is 6.20. The summed E-state index contributed by atoms with van der Waals surface area (Å²) >= 11 is 5.51. The van der Waals surface area contributed by atoms with Crippen LogP contribution in [0.15, 0.2) is 5.10 Å². The third kappa shape index (κ3) is 0.971. The molecular formula is C3H5ClN4O2. The molecule has 6 nitrogen and oxygen atoms in total. The molecule has 0 aromatic rings. The second kappa shape index (κ2) is 2.30. The first-order valence-corrected chi connectivity index (χ1v) is 2.90. The van der Waals surface area contributed by atoms with Gasteiger partial charge in [-0.1, -0.05) is 11.6 Å². The second-order valence-corrected chi connectivity index (χ2v) is 2.12. The molecule has 0 saturated carbocycles. The van der Waals surface area contributed by atoms with E-state index in [1.54, 1.807) is 7.05 Å². The normalized spacial score (nSPS) is 24.0. The van der Waals surface area contributed by atoms with Crippen LogP contribution in [-0.4, -0.2) is 34.1 Å². The number of hydrazone groups is 1. The van der Waals surface area contributed by atoms with Crippen LogP contribution in [-0.2, 0) is 0 Å². The van der Waals surface area contributed by atoms with Crippen LogP contribution in [0.3, 0.4) is 0 Å². The highest BCUT2D eigenvalue weighted by Gasteiger charge is 2.31. The Labute approximate surface area is 61.8 Å². The molecule has 0 saturated heterocycles. The fourth-order valence-electron chi connectivity index (χ4n) is 0.536. The Balaban J connectivity index is 2.66. The van der Waals surface area contributed by atoms with Crippen molar-refractivity contribution >= 4 is 17.9 Å². The zero-order chi connectivity index (χ0) is 7.72. The number of nitrogens with zero attached hydrogens (tertiary/aromatic N) is 4. The minimum absolute atomic E-state index is 0.620. The third-order valence-corrected chi connectivity index (χ3v) is 1.55. The van der Waals surface area contributed by atoms with Gasteiger partial charge < -0.3 is 0 Å². The zero-order valence-corrected chi connectivity index (χ0v) is 5.89. The summed E-state index contributed by atoms with van der Waals surface area (Å²) in [5.41, 5.74) is -0.810. The summed E-state index contributed by atoms with van der Waals surface area (Å²) in [5.74, 6) is 0. The largest absolute Gasteiger partial charge is 0.257 e. The van der Waals surface area contributed by atoms with Crippen LogP contribution in [0.2, 0.25) is 0 Å². The molecule has 0 radical (unpaired) electrons. The molecule has 0 aromatic heterocycles. The standard InChI is InChI=1S/C3H5ClN4O2/c1-6-3(4)7(2-5-6)8(9)10/h2-3H,1H3. The van der Waals surface area contributed by atoms with Gasteiger partial charge in [0, 0.05) is 7.05 Å². The molecule has 1 rings (SSSR count). The van der Waals surface area contributed by atoms with E-state index >= 15 is 0 Å². The molecule has 56 valence electrons. The summed E-state index contributed by atoms with van der Waals surface area (Å²) in [5, 5.41) is 15.0. The monoisotopic (exact) mass is 164 g/mol. The molecule has 1 heterocycles. The number of nitro groups is 1. The maximum Gasteiger partial charge on any atom is 0.257 e. The van der Waals surface area contributed by atoms with Crippen LogP contribution >= 0.6 is 11.6 Å². The predicted molar refractivity (Wildman–Crippen MR) is 34.7 cm³/mol. The van der Waals surface area contributed by atoms with Gasteiger partial charge in [-0.05, 0) is 5.01 Å². The van der Waals surface area contributed by atoms with E-state index in [1.165, 1.54) is 5.01 Å². The van der Waals surface area contributed by atoms with Gasteiger partial charge in [-0.2, -0.15) is 5.10 Å². The Bertz CT molecular complexity index is 183. The van der Waals surface area contributed by atoms with Crippen LogP contribution in [0.25, 0.3) is 0 Å². The molecule has 1 atom stereocenters. The predicted octanol–water partition coefficient (Wildman–Crippen LogP) is -0.109. The molecule has 0 amide bonds. The summed E-state index contributed by atoms with van der Waals surface area (Å²) in [6.45, 7) is 0. The lowest BCUT2D eigenvalue weighted by Gasteiger charge is -2.13. The smallest absolute Gasteiger partial charge is 0.257 e. The van der Waals surface area contributed by atoms with Crippen LogP contribution in [0.4, 0.5) is 0 Å². The Kier molecular flexibility index (Phi) is 1.62. The number of hydrogen-bond acceptors (Lipinski definition) is 4. The average Bonchev–Trinajstić information content (AvgIpc) is 2.14. The summed E-state index contributed by atoms with van der Waals surface area (Å²) in [6.07, 6.45) is 1.07. The lowest BCUT2D eigenvalue weighted by molar-refractivity contribution is -0.632. The molecule has 1 aliphatic heterocycles. The number of hydrazine groups is 1. The first-order valence-electron chi connectivity index (χ1n) is 2.46. The molecule has 7 heteroatoms. The van der Waals surface area contributed by atoms with Crippen LogP contribution in [0, 0.1) is 10.1 Å². The van der Waals surface area contributed by atoms with Gasteiger partial charge in [-0.25, -0.2) is 10.1 Å². The van der Waals surface area contributed by atoms with E-state index in [1.807, 2.05) is 0 Å². The van der Waals surface area contributed by atoms with Crippen LogP contribution in [0.1, 0.15) is 0 Å². The van der Waals surface area contributed by atoms with Gasteiger partial charge >= 0.3 is 0 Å². The lowest BCUT2D eigenvalue weighted by atomic mass is 10.9. The molecule has 1 unspecified atom stereocenters. The van der Waals surface area contributed by atoms with Gasteiger partial charge in [-0.3, -0.25) is 5.01 Å². The van der Waals surface area contributed by atoms with Gasteiger partial charge in [0.05, 0.1) is 0 Å². The fourth-order valence-corrected chi connectivity index (χ4v) is 0.708. The molecule has 0 fully saturated rings. The summed E-state index contributed by atoms with van der Waals surface area (Å²) in [4.78, 5) is 10.1. The maximum atomic E-state index is 10.1. The number of halogens is 1. The fraction of sp³-hybridized carbons (Fsp3) is 0.667. The van der Waals surface area contributed by atoms with E-state index in [0.717, 1.165) is 6.34 Å². The van der Waals surface area contributed by atoms with Gasteiger partial charge in [0.25, 0.3) is 5.62 Å². The van der Waals surface area contributed by atoms with Crippen molar-refractivity contribution in [3.63, 3.8) is 0 Å². The van der Waals surface area contributed by atoms with Crippen molar-refractivity contribution in [2.45, 2.75) is 5.62 Å². The summed E-state index contributed by atoms with van der Waals surface area (Å²) in [7, 11) is 1.55. The van der Waals surface area contributed by atoms with E-state index in [-0.39, 0.29) is 0 Å². The maximum absolute atomic E-state index is 10.1. The quantitative estimate of drug-likeness (QED) is 0.235. The van der Waals surface area contributed by atoms with E-state index in [4.69, 9.17) is 11.6 Å². The highest BCUT2D eigenvalue weighted by atomic mass is 35.5. The van der Waals surface area contributed by atoms with Crippen molar-refractivity contribution in [3.05, 3.63) is 10.1 Å². The second-order valence-electron chi connectivity index (χ2n) is 1.73. The van der Waals surface area contributed by atoms with Crippen LogP contribution < -0.4 is 0 Å². The van der Waals surface area contributed by atoms with E-state index < -0.39 is 10.7 Å². The Morgan fingerprint density at radius 1 is 1.90 bits per heavy atom. The third-order valence-electron chi connectivity index (χ3n) is 1.07. The number of hydrogen-bond donors (Lipinski definition) is 0. The molecule has 1 aliphatic rings. The Morgan fingerprint density at radius 3 is 2.70 bits per heavy atom. The van der Waals surface area contributed by atoms with E-state index in [2.05, 4.69) is 5.10 Å². The molecule has 0 spiro atoms. The van der Waals surface area contributed by atoms with Gasteiger partial charge in [0.1, 0.15) is 0 Å². The molecule has 0 aliphatic carbocycles. The van der Waals surface area contributed by atoms with Crippen molar-refractivity contribution in [1.29, 1.82) is 0 Å². The molecular weight excluding hydrogens is 160 g/mol. The average molecular weight is 165 g/mol. The van der Waals surface area contributed by atoms with Gasteiger partial charge in [0.15, 0.2) is 11.4 Å². The van der Waals surface area contributed by atoms with Crippen molar-refractivity contribution in [2.75, 3.05) is 7.05 Å². The SMILES string of the molecule is CN1N=CN([N+](=O)[O-])C1Cl. The van der Waals surface area contributed by atoms with Gasteiger partial charge in [0.2, 0.25) is 0 Å². The van der Waals surface area contributed by atoms with Crippen molar-refractivity contribution in [3.8, 4) is 0 Å². The van der Waals surface area contributed by atoms with E-state index in [9.17, 15) is 10.1 Å². The van der Waals surface area contributed by atoms with Crippen molar-refractivity contribution < 1.29 is 5.03 Å². The summed E-state index contributed by atoms with van der Waals surface area (Å²) in [6, 6.07) is 0. The zero-order valence-electron chi connectivity index (χ0n) is 5.14. The topological polar surface area (TPSA) is 62.0 Å². The van der Waals surface area contributed by atoms with Crippen molar-refractivity contribution in [2.24, 2.45) is 5.10 Å². The Morgan fingerprint density at radius 2 is 2.50 bits per heavy atom. The number of alkyl halides is 1. The Hall–Kier alpha value is -1.04. The van der Waals surface area contributed by atoms with Gasteiger partial charge in [-0.15, -0.1) is 0 Å². The first kappa shape index (κ1) is 7.07. The van der Waals surface area contributed by atoms with Crippen molar-refractivity contribution in [1.82, 2.24) is 10.0 Å². The molecule has 10 heavy (non-hydrogen) atoms. The van der Waals surface area contributed by atoms with E-state index in [0.29, 0.717) is 5.01 Å². The first-order chi connectivity index (χ1) is 4.63. The molecule has 0 N–H and O–H groups in total.